The van der Waals surface area contributed by atoms with Crippen LogP contribution in [0.2, 0.25) is 0 Å². The van der Waals surface area contributed by atoms with Gasteiger partial charge in [-0.3, -0.25) is 14.3 Å². The van der Waals surface area contributed by atoms with Gasteiger partial charge in [-0.1, -0.05) is 0 Å². The molecule has 1 fully saturated rings. The van der Waals surface area contributed by atoms with Gasteiger partial charge in [-0.15, -0.1) is 0 Å². The molecule has 0 amide bonds. The second kappa shape index (κ2) is 7.09. The fourth-order valence-electron chi connectivity index (χ4n) is 3.14. The lowest BCUT2D eigenvalue weighted by molar-refractivity contribution is 0.196. The largest absolute Gasteiger partial charge is 0.356 e. The Hall–Kier alpha value is -2.28. The molecule has 2 aromatic heterocycles. The lowest BCUT2D eigenvalue weighted by Crippen LogP contribution is -2.44. The second-order valence-corrected chi connectivity index (χ2v) is 6.39. The van der Waals surface area contributed by atoms with Crippen molar-refractivity contribution >= 4 is 5.82 Å². The molecule has 3 heterocycles. The highest BCUT2D eigenvalue weighted by atomic mass is 16.1. The van der Waals surface area contributed by atoms with Gasteiger partial charge in [-0.05, 0) is 19.8 Å². The van der Waals surface area contributed by atoms with Crippen molar-refractivity contribution in [2.75, 3.05) is 25.0 Å². The Morgan fingerprint density at radius 1 is 1.25 bits per heavy atom. The van der Waals surface area contributed by atoms with Crippen molar-refractivity contribution < 1.29 is 0 Å². The van der Waals surface area contributed by atoms with E-state index in [0.29, 0.717) is 6.04 Å². The first kappa shape index (κ1) is 16.6. The summed E-state index contributed by atoms with van der Waals surface area (Å²) in [5.74, 6) is 1.80. The summed E-state index contributed by atoms with van der Waals surface area (Å²) in [6.07, 6.45) is 5.36. The van der Waals surface area contributed by atoms with Gasteiger partial charge in [0.25, 0.3) is 5.56 Å². The number of anilines is 1. The van der Waals surface area contributed by atoms with E-state index in [1.807, 2.05) is 13.0 Å². The summed E-state index contributed by atoms with van der Waals surface area (Å²) in [5.41, 5.74) is 0.981. The maximum absolute atomic E-state index is 11.7. The highest BCUT2D eigenvalue weighted by Gasteiger charge is 2.24. The smallest absolute Gasteiger partial charge is 0.253 e. The molecule has 0 aliphatic carbocycles. The highest BCUT2D eigenvalue weighted by Crippen LogP contribution is 2.21. The van der Waals surface area contributed by atoms with E-state index in [-0.39, 0.29) is 5.56 Å². The first-order valence-corrected chi connectivity index (χ1v) is 8.29. The van der Waals surface area contributed by atoms with Gasteiger partial charge < -0.3 is 4.90 Å². The molecule has 24 heavy (non-hydrogen) atoms. The Labute approximate surface area is 142 Å². The van der Waals surface area contributed by atoms with Gasteiger partial charge in [0, 0.05) is 57.3 Å². The predicted molar refractivity (Wildman–Crippen MR) is 92.9 cm³/mol. The molecule has 0 N–H and O–H groups in total. The third-order valence-electron chi connectivity index (χ3n) is 4.78. The normalized spacial score (nSPS) is 16.3. The van der Waals surface area contributed by atoms with Gasteiger partial charge in [0.15, 0.2) is 0 Å². The Kier molecular flexibility index (Phi) is 4.89. The fraction of sp³-hybridized carbons (Fsp3) is 0.529. The Balaban J connectivity index is 1.59. The summed E-state index contributed by atoms with van der Waals surface area (Å²) >= 11 is 0. The number of nitrogens with zero attached hydrogens (tertiary/aromatic N) is 6. The van der Waals surface area contributed by atoms with Crippen molar-refractivity contribution in [2.45, 2.75) is 32.4 Å². The highest BCUT2D eigenvalue weighted by molar-refractivity contribution is 5.39. The quantitative estimate of drug-likeness (QED) is 0.833. The number of aryl methyl sites for hydroxylation is 1. The number of likely N-dealkylation sites (tertiary alicyclic amines) is 1. The van der Waals surface area contributed by atoms with Gasteiger partial charge in [0.05, 0.1) is 6.54 Å². The van der Waals surface area contributed by atoms with Crippen LogP contribution < -0.4 is 10.5 Å². The zero-order chi connectivity index (χ0) is 17.1. The molecule has 2 aromatic rings. The molecule has 0 spiro atoms. The molecular weight excluding hydrogens is 304 g/mol. The third-order valence-corrected chi connectivity index (χ3v) is 4.78. The summed E-state index contributed by atoms with van der Waals surface area (Å²) in [6.45, 7) is 4.68. The molecule has 1 saturated heterocycles. The minimum Gasteiger partial charge on any atom is -0.356 e. The number of aromatic nitrogens is 4. The third kappa shape index (κ3) is 3.62. The van der Waals surface area contributed by atoms with E-state index in [1.54, 1.807) is 24.1 Å². The number of hydrogen-bond acceptors (Lipinski definition) is 6. The summed E-state index contributed by atoms with van der Waals surface area (Å²) in [6, 6.07) is 3.99. The van der Waals surface area contributed by atoms with E-state index >= 15 is 0 Å². The molecule has 0 atom stereocenters. The summed E-state index contributed by atoms with van der Waals surface area (Å²) < 4.78 is 1.63. The maximum Gasteiger partial charge on any atom is 0.253 e. The van der Waals surface area contributed by atoms with Gasteiger partial charge in [-0.25, -0.2) is 15.0 Å². The van der Waals surface area contributed by atoms with E-state index in [4.69, 9.17) is 0 Å². The minimum atomic E-state index is -0.00579. The van der Waals surface area contributed by atoms with E-state index in [1.165, 1.54) is 6.07 Å². The average Bonchev–Trinajstić information content (AvgIpc) is 2.59. The van der Waals surface area contributed by atoms with E-state index in [0.717, 1.165) is 49.8 Å². The first-order valence-electron chi connectivity index (χ1n) is 8.29. The van der Waals surface area contributed by atoms with Gasteiger partial charge in [0.2, 0.25) is 0 Å². The van der Waals surface area contributed by atoms with Gasteiger partial charge in [0.1, 0.15) is 18.0 Å². The molecule has 7 heteroatoms. The minimum absolute atomic E-state index is 0.00579. The van der Waals surface area contributed by atoms with Crippen molar-refractivity contribution in [1.82, 2.24) is 24.4 Å². The van der Waals surface area contributed by atoms with Crippen LogP contribution in [-0.2, 0) is 13.6 Å². The van der Waals surface area contributed by atoms with Crippen LogP contribution in [0.25, 0.3) is 0 Å². The molecule has 0 saturated carbocycles. The lowest BCUT2D eigenvalue weighted by atomic mass is 10.0. The van der Waals surface area contributed by atoms with Crippen molar-refractivity contribution in [2.24, 2.45) is 7.05 Å². The molecular formula is C17H24N6O. The molecule has 128 valence electrons. The summed E-state index contributed by atoms with van der Waals surface area (Å²) in [4.78, 5) is 29.2. The molecule has 0 aromatic carbocycles. The van der Waals surface area contributed by atoms with Gasteiger partial charge >= 0.3 is 0 Å². The SMILES string of the molecule is Cc1cc(N(C)C2CCN(Cc3nccc(=O)n3C)CC2)ncn1. The van der Waals surface area contributed by atoms with Crippen molar-refractivity contribution in [3.05, 3.63) is 46.5 Å². The standard InChI is InChI=1S/C17H24N6O/c1-13-10-15(20-12-19-13)21(2)14-5-8-23(9-6-14)11-16-18-7-4-17(24)22(16)3/h4,7,10,12,14H,5-6,8-9,11H2,1-3H3. The molecule has 0 bridgehead atoms. The Morgan fingerprint density at radius 2 is 2.00 bits per heavy atom. The molecule has 0 unspecified atom stereocenters. The van der Waals surface area contributed by atoms with Crippen LogP contribution in [0.4, 0.5) is 5.82 Å². The fourth-order valence-corrected chi connectivity index (χ4v) is 3.14. The van der Waals surface area contributed by atoms with Crippen LogP contribution in [0, 0.1) is 6.92 Å². The van der Waals surface area contributed by atoms with Crippen molar-refractivity contribution in [3.8, 4) is 0 Å². The number of piperidine rings is 1. The van der Waals surface area contributed by atoms with Crippen molar-refractivity contribution in [1.29, 1.82) is 0 Å². The maximum atomic E-state index is 11.7. The Morgan fingerprint density at radius 3 is 2.71 bits per heavy atom. The number of hydrogen-bond donors (Lipinski definition) is 0. The predicted octanol–water partition coefficient (Wildman–Crippen LogP) is 0.980. The molecule has 7 nitrogen and oxygen atoms in total. The van der Waals surface area contributed by atoms with E-state index in [9.17, 15) is 4.79 Å². The molecule has 0 radical (unpaired) electrons. The van der Waals surface area contributed by atoms with Crippen LogP contribution in [0.3, 0.4) is 0 Å². The Bertz CT molecular complexity index is 751. The van der Waals surface area contributed by atoms with E-state index < -0.39 is 0 Å². The van der Waals surface area contributed by atoms with Crippen LogP contribution in [0.15, 0.2) is 29.5 Å². The van der Waals surface area contributed by atoms with Crippen LogP contribution in [0.1, 0.15) is 24.4 Å². The van der Waals surface area contributed by atoms with Crippen LogP contribution in [0.5, 0.6) is 0 Å². The molecule has 1 aliphatic rings. The lowest BCUT2D eigenvalue weighted by Gasteiger charge is -2.37. The second-order valence-electron chi connectivity index (χ2n) is 6.39. The zero-order valence-electron chi connectivity index (χ0n) is 14.5. The topological polar surface area (TPSA) is 67.2 Å². The van der Waals surface area contributed by atoms with E-state index in [2.05, 4.69) is 31.8 Å². The average molecular weight is 328 g/mol. The molecule has 1 aliphatic heterocycles. The van der Waals surface area contributed by atoms with Gasteiger partial charge in [-0.2, -0.15) is 0 Å². The molecule has 3 rings (SSSR count). The summed E-state index contributed by atoms with van der Waals surface area (Å²) in [5, 5.41) is 0. The monoisotopic (exact) mass is 328 g/mol. The summed E-state index contributed by atoms with van der Waals surface area (Å²) in [7, 11) is 3.88. The van der Waals surface area contributed by atoms with Crippen molar-refractivity contribution in [3.63, 3.8) is 0 Å². The number of rotatable bonds is 4. The van der Waals surface area contributed by atoms with Crippen LogP contribution in [-0.4, -0.2) is 50.6 Å². The zero-order valence-corrected chi connectivity index (χ0v) is 14.5. The first-order chi connectivity index (χ1) is 11.5. The van der Waals surface area contributed by atoms with Crippen LogP contribution >= 0.6 is 0 Å².